The topological polar surface area (TPSA) is 49.4 Å². The first kappa shape index (κ1) is 12.3. The molecule has 2 aromatic rings. The Kier molecular flexibility index (Phi) is 3.41. The Balaban J connectivity index is 2.27. The first-order valence-electron chi connectivity index (χ1n) is 5.46. The summed E-state index contributed by atoms with van der Waals surface area (Å²) in [6, 6.07) is 6.83. The van der Waals surface area contributed by atoms with E-state index in [1.165, 1.54) is 12.3 Å². The van der Waals surface area contributed by atoms with Crippen molar-refractivity contribution in [2.45, 2.75) is 6.54 Å². The molecule has 0 saturated heterocycles. The number of rotatable bonds is 4. The first-order chi connectivity index (χ1) is 8.63. The van der Waals surface area contributed by atoms with Crippen LogP contribution in [0.25, 0.3) is 0 Å². The Morgan fingerprint density at radius 2 is 1.89 bits per heavy atom. The molecule has 0 radical (unpaired) electrons. The number of nitrogens with zero attached hydrogens (tertiary/aromatic N) is 1. The van der Waals surface area contributed by atoms with E-state index >= 15 is 0 Å². The molecule has 0 aliphatic rings. The van der Waals surface area contributed by atoms with Gasteiger partial charge >= 0.3 is 0 Å². The molecule has 2 rings (SSSR count). The van der Waals surface area contributed by atoms with Gasteiger partial charge in [-0.3, -0.25) is 0 Å². The molecule has 0 spiro atoms. The van der Waals surface area contributed by atoms with Crippen molar-refractivity contribution in [3.05, 3.63) is 41.8 Å². The van der Waals surface area contributed by atoms with E-state index in [-0.39, 0.29) is 5.82 Å². The molecule has 0 fully saturated rings. The molecule has 0 bridgehead atoms. The Morgan fingerprint density at radius 3 is 2.44 bits per heavy atom. The van der Waals surface area contributed by atoms with Gasteiger partial charge in [0, 0.05) is 18.8 Å². The Morgan fingerprint density at radius 1 is 1.17 bits per heavy atom. The summed E-state index contributed by atoms with van der Waals surface area (Å²) in [7, 11) is 3.15. The molecule has 1 heterocycles. The van der Waals surface area contributed by atoms with Crippen molar-refractivity contribution >= 4 is 5.82 Å². The van der Waals surface area contributed by atoms with Gasteiger partial charge in [0.25, 0.3) is 0 Å². The van der Waals surface area contributed by atoms with Gasteiger partial charge in [-0.25, -0.2) is 4.39 Å². The van der Waals surface area contributed by atoms with Crippen molar-refractivity contribution < 1.29 is 13.9 Å². The standard InChI is InChI=1S/C13H15FN2O2/c1-17-11-4-3-9(5-12(11)18-2)7-16-8-10(14)6-13(16)15/h3-6,8H,7,15H2,1-2H3. The van der Waals surface area contributed by atoms with E-state index in [0.717, 1.165) is 5.56 Å². The third-order valence-corrected chi connectivity index (χ3v) is 2.70. The zero-order valence-corrected chi connectivity index (χ0v) is 10.3. The number of nitrogens with two attached hydrogens (primary N) is 1. The summed E-state index contributed by atoms with van der Waals surface area (Å²) in [6.45, 7) is 0.482. The molecule has 1 aromatic heterocycles. The molecule has 5 heteroatoms. The number of halogens is 1. The summed E-state index contributed by atoms with van der Waals surface area (Å²) in [6.07, 6.45) is 1.37. The van der Waals surface area contributed by atoms with Crippen molar-refractivity contribution in [2.75, 3.05) is 20.0 Å². The number of hydrogen-bond acceptors (Lipinski definition) is 3. The molecule has 0 amide bonds. The van der Waals surface area contributed by atoms with Crippen LogP contribution in [0.3, 0.4) is 0 Å². The summed E-state index contributed by atoms with van der Waals surface area (Å²) < 4.78 is 25.0. The number of benzene rings is 1. The van der Waals surface area contributed by atoms with Crippen molar-refractivity contribution in [3.8, 4) is 11.5 Å². The normalized spacial score (nSPS) is 10.4. The van der Waals surface area contributed by atoms with Crippen LogP contribution >= 0.6 is 0 Å². The van der Waals surface area contributed by atoms with Gasteiger partial charge in [0.15, 0.2) is 11.5 Å². The van der Waals surface area contributed by atoms with Gasteiger partial charge in [-0.2, -0.15) is 0 Å². The number of hydrogen-bond donors (Lipinski definition) is 1. The predicted molar refractivity (Wildman–Crippen MR) is 67.5 cm³/mol. The summed E-state index contributed by atoms with van der Waals surface area (Å²) in [4.78, 5) is 0. The lowest BCUT2D eigenvalue weighted by Gasteiger charge is -2.10. The largest absolute Gasteiger partial charge is 0.493 e. The van der Waals surface area contributed by atoms with Gasteiger partial charge in [0.05, 0.1) is 14.2 Å². The van der Waals surface area contributed by atoms with E-state index in [0.29, 0.717) is 23.9 Å². The molecule has 0 aliphatic heterocycles. The van der Waals surface area contributed by atoms with Crippen LogP contribution < -0.4 is 15.2 Å². The number of aromatic nitrogens is 1. The lowest BCUT2D eigenvalue weighted by molar-refractivity contribution is 0.354. The third-order valence-electron chi connectivity index (χ3n) is 2.70. The summed E-state index contributed by atoms with van der Waals surface area (Å²) >= 11 is 0. The van der Waals surface area contributed by atoms with Crippen molar-refractivity contribution in [3.63, 3.8) is 0 Å². The quantitative estimate of drug-likeness (QED) is 0.905. The molecule has 96 valence electrons. The second kappa shape index (κ2) is 5.00. The highest BCUT2D eigenvalue weighted by Crippen LogP contribution is 2.28. The van der Waals surface area contributed by atoms with Gasteiger partial charge in [0.1, 0.15) is 11.6 Å². The van der Waals surface area contributed by atoms with Crippen LogP contribution in [0.15, 0.2) is 30.5 Å². The summed E-state index contributed by atoms with van der Waals surface area (Å²) in [5, 5.41) is 0. The lowest BCUT2D eigenvalue weighted by atomic mass is 10.2. The second-order valence-corrected chi connectivity index (χ2v) is 3.90. The van der Waals surface area contributed by atoms with Crippen LogP contribution in [-0.2, 0) is 6.54 Å². The van der Waals surface area contributed by atoms with E-state index in [1.54, 1.807) is 18.8 Å². The predicted octanol–water partition coefficient (Wildman–Crippen LogP) is 2.27. The van der Waals surface area contributed by atoms with Gasteiger partial charge in [-0.05, 0) is 17.7 Å². The SMILES string of the molecule is COc1ccc(Cn2cc(F)cc2N)cc1OC. The molecule has 0 atom stereocenters. The Bertz CT molecular complexity index is 552. The average molecular weight is 250 g/mol. The van der Waals surface area contributed by atoms with Crippen LogP contribution in [0, 0.1) is 5.82 Å². The van der Waals surface area contributed by atoms with E-state index in [9.17, 15) is 4.39 Å². The maximum atomic E-state index is 13.0. The van der Waals surface area contributed by atoms with Gasteiger partial charge in [0.2, 0.25) is 0 Å². The fourth-order valence-corrected chi connectivity index (χ4v) is 1.80. The summed E-state index contributed by atoms with van der Waals surface area (Å²) in [5.41, 5.74) is 6.64. The zero-order valence-electron chi connectivity index (χ0n) is 10.3. The van der Waals surface area contributed by atoms with Crippen LogP contribution in [0.4, 0.5) is 10.2 Å². The highest BCUT2D eigenvalue weighted by molar-refractivity contribution is 5.43. The highest BCUT2D eigenvalue weighted by atomic mass is 19.1. The summed E-state index contributed by atoms with van der Waals surface area (Å²) in [5.74, 6) is 1.35. The molecule has 0 aliphatic carbocycles. The third kappa shape index (κ3) is 2.40. The molecule has 2 N–H and O–H groups in total. The molecule has 4 nitrogen and oxygen atoms in total. The van der Waals surface area contributed by atoms with Gasteiger partial charge < -0.3 is 19.8 Å². The van der Waals surface area contributed by atoms with Crippen molar-refractivity contribution in [1.29, 1.82) is 0 Å². The van der Waals surface area contributed by atoms with E-state index < -0.39 is 0 Å². The van der Waals surface area contributed by atoms with Gasteiger partial charge in [-0.1, -0.05) is 6.07 Å². The fourth-order valence-electron chi connectivity index (χ4n) is 1.80. The molecule has 0 saturated carbocycles. The number of anilines is 1. The molecular weight excluding hydrogens is 235 g/mol. The Labute approximate surface area is 105 Å². The van der Waals surface area contributed by atoms with Crippen LogP contribution in [0.1, 0.15) is 5.56 Å². The highest BCUT2D eigenvalue weighted by Gasteiger charge is 2.07. The number of ether oxygens (including phenoxy) is 2. The molecular formula is C13H15FN2O2. The molecule has 18 heavy (non-hydrogen) atoms. The van der Waals surface area contributed by atoms with Gasteiger partial charge in [-0.15, -0.1) is 0 Å². The average Bonchev–Trinajstić information content (AvgIpc) is 2.67. The van der Waals surface area contributed by atoms with E-state index in [4.69, 9.17) is 15.2 Å². The van der Waals surface area contributed by atoms with E-state index in [1.807, 2.05) is 18.2 Å². The minimum absolute atomic E-state index is 0.340. The maximum Gasteiger partial charge on any atom is 0.161 e. The van der Waals surface area contributed by atoms with Crippen LogP contribution in [-0.4, -0.2) is 18.8 Å². The lowest BCUT2D eigenvalue weighted by Crippen LogP contribution is -2.03. The smallest absolute Gasteiger partial charge is 0.161 e. The zero-order chi connectivity index (χ0) is 13.1. The van der Waals surface area contributed by atoms with Crippen molar-refractivity contribution in [2.24, 2.45) is 0 Å². The maximum absolute atomic E-state index is 13.0. The minimum Gasteiger partial charge on any atom is -0.493 e. The monoisotopic (exact) mass is 250 g/mol. The number of nitrogen functional groups attached to an aromatic ring is 1. The molecule has 0 unspecified atom stereocenters. The Hall–Kier alpha value is -2.17. The fraction of sp³-hybridized carbons (Fsp3) is 0.231. The van der Waals surface area contributed by atoms with Crippen LogP contribution in [0.2, 0.25) is 0 Å². The first-order valence-corrected chi connectivity index (χ1v) is 5.46. The van der Waals surface area contributed by atoms with Crippen molar-refractivity contribution in [1.82, 2.24) is 4.57 Å². The molecule has 1 aromatic carbocycles. The van der Waals surface area contributed by atoms with Crippen LogP contribution in [0.5, 0.6) is 11.5 Å². The number of methoxy groups -OCH3 is 2. The van der Waals surface area contributed by atoms with E-state index in [2.05, 4.69) is 0 Å². The minimum atomic E-state index is -0.340. The second-order valence-electron chi connectivity index (χ2n) is 3.90.